The minimum atomic E-state index is -0.418. The first-order chi connectivity index (χ1) is 11.2. The Labute approximate surface area is 147 Å². The quantitative estimate of drug-likeness (QED) is 0.746. The number of fused-ring (bicyclic) bond motifs is 5. The van der Waals surface area contributed by atoms with Gasteiger partial charge in [-0.15, -0.1) is 0 Å². The van der Waals surface area contributed by atoms with E-state index >= 15 is 0 Å². The van der Waals surface area contributed by atoms with Crippen molar-refractivity contribution in [1.29, 1.82) is 0 Å². The highest BCUT2D eigenvalue weighted by Crippen LogP contribution is 2.65. The van der Waals surface area contributed by atoms with Crippen LogP contribution in [0.25, 0.3) is 0 Å². The summed E-state index contributed by atoms with van der Waals surface area (Å²) >= 11 is 0. The number of carbonyl (C=O) groups excluding carboxylic acids is 1. The van der Waals surface area contributed by atoms with Crippen LogP contribution in [0.5, 0.6) is 0 Å². The zero-order chi connectivity index (χ0) is 17.3. The Hall–Kier alpha value is -0.370. The zero-order valence-corrected chi connectivity index (χ0v) is 16.1. The molecule has 0 amide bonds. The molecule has 2 heteroatoms. The molecule has 0 unspecified atom stereocenters. The van der Waals surface area contributed by atoms with Gasteiger partial charge in [-0.05, 0) is 106 Å². The smallest absolute Gasteiger partial charge is 0.133 e. The Kier molecular flexibility index (Phi) is 3.95. The molecule has 4 fully saturated rings. The van der Waals surface area contributed by atoms with Crippen molar-refractivity contribution < 1.29 is 9.90 Å². The van der Waals surface area contributed by atoms with Gasteiger partial charge in [0.1, 0.15) is 5.78 Å². The molecule has 0 aromatic rings. The SMILES string of the molecule is CC(=O)[C@H]1[C@H](C)C[C@H]2[C@@H]3CC[C@H]4C[C@](C)(O)CC[C@@H]4[C@H]3CC[C@@]21C. The number of rotatable bonds is 1. The summed E-state index contributed by atoms with van der Waals surface area (Å²) in [5, 5.41) is 10.5. The molecular formula is C22H36O2. The van der Waals surface area contributed by atoms with Crippen molar-refractivity contribution in [2.45, 2.75) is 84.7 Å². The zero-order valence-electron chi connectivity index (χ0n) is 16.1. The molecule has 0 aromatic heterocycles. The summed E-state index contributed by atoms with van der Waals surface area (Å²) in [5.41, 5.74) is -0.155. The van der Waals surface area contributed by atoms with Crippen LogP contribution in [-0.4, -0.2) is 16.5 Å². The van der Waals surface area contributed by atoms with Gasteiger partial charge in [0.15, 0.2) is 0 Å². The third kappa shape index (κ3) is 2.42. The molecule has 4 rings (SSSR count). The standard InChI is InChI=1S/C22H36O2/c1-13-11-19-18-6-5-15-12-21(3,24)9-7-16(15)17(18)8-10-22(19,4)20(13)14(2)23/h13,15-20,24H,5-12H2,1-4H3/t13-,15+,16+,17-,18-,19+,20-,21-,22+/m1/s1. The second-order valence-electron chi connectivity index (χ2n) is 10.5. The topological polar surface area (TPSA) is 37.3 Å². The fourth-order valence-electron chi connectivity index (χ4n) is 8.31. The molecule has 0 saturated heterocycles. The summed E-state index contributed by atoms with van der Waals surface area (Å²) in [6, 6.07) is 0. The van der Waals surface area contributed by atoms with Gasteiger partial charge >= 0.3 is 0 Å². The number of hydrogen-bond acceptors (Lipinski definition) is 2. The molecule has 4 aliphatic carbocycles. The molecule has 136 valence electrons. The van der Waals surface area contributed by atoms with E-state index in [1.807, 2.05) is 13.8 Å². The van der Waals surface area contributed by atoms with Crippen LogP contribution in [0.3, 0.4) is 0 Å². The van der Waals surface area contributed by atoms with Crippen molar-refractivity contribution in [3.63, 3.8) is 0 Å². The molecule has 4 saturated carbocycles. The van der Waals surface area contributed by atoms with Crippen molar-refractivity contribution in [3.8, 4) is 0 Å². The normalized spacial score (nSPS) is 57.0. The maximum absolute atomic E-state index is 12.3. The van der Waals surface area contributed by atoms with Gasteiger partial charge in [-0.2, -0.15) is 0 Å². The molecular weight excluding hydrogens is 296 g/mol. The lowest BCUT2D eigenvalue weighted by atomic mass is 9.49. The molecule has 0 spiro atoms. The molecule has 0 radical (unpaired) electrons. The van der Waals surface area contributed by atoms with Crippen molar-refractivity contribution >= 4 is 5.78 Å². The van der Waals surface area contributed by atoms with Gasteiger partial charge in [0.05, 0.1) is 5.60 Å². The molecule has 1 N–H and O–H groups in total. The van der Waals surface area contributed by atoms with Crippen molar-refractivity contribution in [1.82, 2.24) is 0 Å². The minimum absolute atomic E-state index is 0.263. The van der Waals surface area contributed by atoms with Crippen LogP contribution >= 0.6 is 0 Å². The molecule has 2 nitrogen and oxygen atoms in total. The van der Waals surface area contributed by atoms with Gasteiger partial charge < -0.3 is 5.11 Å². The van der Waals surface area contributed by atoms with E-state index < -0.39 is 5.60 Å². The molecule has 4 aliphatic rings. The Morgan fingerprint density at radius 2 is 1.71 bits per heavy atom. The van der Waals surface area contributed by atoms with Gasteiger partial charge in [0.2, 0.25) is 0 Å². The monoisotopic (exact) mass is 332 g/mol. The summed E-state index contributed by atoms with van der Waals surface area (Å²) < 4.78 is 0. The van der Waals surface area contributed by atoms with E-state index in [1.54, 1.807) is 0 Å². The van der Waals surface area contributed by atoms with Crippen LogP contribution in [-0.2, 0) is 4.79 Å². The van der Waals surface area contributed by atoms with Crippen LogP contribution in [0.15, 0.2) is 0 Å². The van der Waals surface area contributed by atoms with Crippen LogP contribution in [0.4, 0.5) is 0 Å². The number of aliphatic hydroxyl groups is 1. The third-order valence-corrected chi connectivity index (χ3v) is 9.02. The first kappa shape index (κ1) is 17.1. The van der Waals surface area contributed by atoms with Crippen molar-refractivity contribution in [2.24, 2.45) is 46.8 Å². The minimum Gasteiger partial charge on any atom is -0.390 e. The van der Waals surface area contributed by atoms with Crippen LogP contribution in [0.2, 0.25) is 0 Å². The van der Waals surface area contributed by atoms with Gasteiger partial charge in [-0.3, -0.25) is 4.79 Å². The van der Waals surface area contributed by atoms with E-state index in [0.29, 0.717) is 17.6 Å². The lowest BCUT2D eigenvalue weighted by molar-refractivity contribution is -0.131. The van der Waals surface area contributed by atoms with Gasteiger partial charge in [-0.25, -0.2) is 0 Å². The summed E-state index contributed by atoms with van der Waals surface area (Å²) in [5.74, 6) is 5.39. The Balaban J connectivity index is 1.58. The highest BCUT2D eigenvalue weighted by Gasteiger charge is 2.60. The average Bonchev–Trinajstić information content (AvgIpc) is 2.76. The summed E-state index contributed by atoms with van der Waals surface area (Å²) in [4.78, 5) is 12.3. The lowest BCUT2D eigenvalue weighted by Crippen LogP contribution is -2.51. The van der Waals surface area contributed by atoms with Crippen LogP contribution in [0, 0.1) is 46.8 Å². The lowest BCUT2D eigenvalue weighted by Gasteiger charge is -2.56. The Bertz CT molecular complexity index is 524. The van der Waals surface area contributed by atoms with E-state index in [9.17, 15) is 9.90 Å². The Morgan fingerprint density at radius 3 is 2.42 bits per heavy atom. The number of Topliss-reactive ketones (excluding diaryl/α,β-unsaturated/α-hetero) is 1. The molecule has 0 heterocycles. The summed E-state index contributed by atoms with van der Waals surface area (Å²) in [6.07, 6.45) is 9.77. The fraction of sp³-hybridized carbons (Fsp3) is 0.955. The molecule has 9 atom stereocenters. The number of carbonyl (C=O) groups is 1. The second kappa shape index (κ2) is 5.56. The first-order valence-corrected chi connectivity index (χ1v) is 10.5. The summed E-state index contributed by atoms with van der Waals surface area (Å²) in [7, 11) is 0. The fourth-order valence-corrected chi connectivity index (χ4v) is 8.31. The molecule has 0 bridgehead atoms. The van der Waals surface area contributed by atoms with E-state index in [-0.39, 0.29) is 5.41 Å². The number of hydrogen-bond donors (Lipinski definition) is 1. The second-order valence-corrected chi connectivity index (χ2v) is 10.5. The Morgan fingerprint density at radius 1 is 1.00 bits per heavy atom. The average molecular weight is 333 g/mol. The van der Waals surface area contributed by atoms with E-state index in [1.165, 1.54) is 38.5 Å². The van der Waals surface area contributed by atoms with E-state index in [0.717, 1.165) is 42.4 Å². The highest BCUT2D eigenvalue weighted by atomic mass is 16.3. The van der Waals surface area contributed by atoms with Crippen LogP contribution < -0.4 is 0 Å². The van der Waals surface area contributed by atoms with E-state index in [4.69, 9.17) is 0 Å². The maximum atomic E-state index is 12.3. The van der Waals surface area contributed by atoms with E-state index in [2.05, 4.69) is 13.8 Å². The third-order valence-electron chi connectivity index (χ3n) is 9.02. The number of ketones is 1. The molecule has 0 aromatic carbocycles. The predicted octanol–water partition coefficient (Wildman–Crippen LogP) is 4.84. The predicted molar refractivity (Wildman–Crippen MR) is 96.5 cm³/mol. The molecule has 0 aliphatic heterocycles. The highest BCUT2D eigenvalue weighted by molar-refractivity contribution is 5.80. The maximum Gasteiger partial charge on any atom is 0.133 e. The van der Waals surface area contributed by atoms with Crippen molar-refractivity contribution in [2.75, 3.05) is 0 Å². The van der Waals surface area contributed by atoms with Crippen LogP contribution in [0.1, 0.15) is 79.1 Å². The van der Waals surface area contributed by atoms with Gasteiger partial charge in [0, 0.05) is 5.92 Å². The first-order valence-electron chi connectivity index (χ1n) is 10.5. The summed E-state index contributed by atoms with van der Waals surface area (Å²) in [6.45, 7) is 8.65. The largest absolute Gasteiger partial charge is 0.390 e. The van der Waals surface area contributed by atoms with Crippen molar-refractivity contribution in [3.05, 3.63) is 0 Å². The van der Waals surface area contributed by atoms with Gasteiger partial charge in [0.25, 0.3) is 0 Å². The molecule has 24 heavy (non-hydrogen) atoms. The van der Waals surface area contributed by atoms with Gasteiger partial charge in [-0.1, -0.05) is 13.8 Å².